The van der Waals surface area contributed by atoms with Gasteiger partial charge in [0, 0.05) is 22.4 Å². The van der Waals surface area contributed by atoms with E-state index in [4.69, 9.17) is 0 Å². The predicted molar refractivity (Wildman–Crippen MR) is 293 cm³/mol. The lowest BCUT2D eigenvalue weighted by atomic mass is 9.74. The van der Waals surface area contributed by atoms with Gasteiger partial charge in [-0.1, -0.05) is 231 Å². The maximum atomic E-state index is 2.50. The maximum absolute atomic E-state index is 2.50. The molecule has 1 aliphatic carbocycles. The highest BCUT2D eigenvalue weighted by atomic mass is 15.1. The zero-order chi connectivity index (χ0) is 45.9. The van der Waals surface area contributed by atoms with Gasteiger partial charge in [0.05, 0.1) is 5.69 Å². The van der Waals surface area contributed by atoms with Crippen LogP contribution >= 0.6 is 0 Å². The molecule has 0 saturated carbocycles. The Labute approximate surface area is 403 Å². The van der Waals surface area contributed by atoms with Gasteiger partial charge in [-0.05, 0) is 142 Å². The fourth-order valence-corrected chi connectivity index (χ4v) is 11.5. The molecule has 1 heteroatoms. The van der Waals surface area contributed by atoms with E-state index < -0.39 is 0 Å². The van der Waals surface area contributed by atoms with Crippen molar-refractivity contribution >= 4 is 49.4 Å². The van der Waals surface area contributed by atoms with Crippen molar-refractivity contribution in [1.82, 2.24) is 0 Å². The smallest absolute Gasteiger partial charge is 0.0543 e. The molecule has 0 radical (unpaired) electrons. The number of fused-ring (bicyclic) bond motifs is 7. The second-order valence-corrected chi connectivity index (χ2v) is 18.5. The van der Waals surface area contributed by atoms with Crippen LogP contribution in [0.2, 0.25) is 0 Å². The van der Waals surface area contributed by atoms with Crippen LogP contribution in [0.4, 0.5) is 17.1 Å². The fraction of sp³-hybridized carbons (Fsp3) is 0.0294. The van der Waals surface area contributed by atoms with Crippen LogP contribution < -0.4 is 4.90 Å². The molecule has 12 aromatic carbocycles. The van der Waals surface area contributed by atoms with Crippen LogP contribution in [0.15, 0.2) is 267 Å². The monoisotopic (exact) mass is 877 g/mol. The van der Waals surface area contributed by atoms with Crippen LogP contribution in [-0.2, 0) is 5.41 Å². The third kappa shape index (κ3) is 6.61. The predicted octanol–water partition coefficient (Wildman–Crippen LogP) is 18.6. The molecule has 0 heterocycles. The molecule has 1 nitrogen and oxygen atoms in total. The van der Waals surface area contributed by atoms with Crippen molar-refractivity contribution in [2.24, 2.45) is 0 Å². The largest absolute Gasteiger partial charge is 0.310 e. The quantitative estimate of drug-likeness (QED) is 0.138. The molecule has 0 aliphatic heterocycles. The van der Waals surface area contributed by atoms with Gasteiger partial charge in [0.2, 0.25) is 0 Å². The third-order valence-electron chi connectivity index (χ3n) is 14.7. The Morgan fingerprint density at radius 3 is 1.54 bits per heavy atom. The van der Waals surface area contributed by atoms with Gasteiger partial charge in [-0.3, -0.25) is 0 Å². The molecule has 0 amide bonds. The third-order valence-corrected chi connectivity index (χ3v) is 14.7. The SMILES string of the molecule is CC1(c2ccccc2)c2ccccc2-c2c(N(c3cccc(-c4ccc5c(c4)c(-c4ccccc4)c(-c4ccccc4)c4ccccc45)c3)c3cccc(-c4cccc5ccccc45)c3)cccc21. The summed E-state index contributed by atoms with van der Waals surface area (Å²) in [6, 6.07) is 98.5. The van der Waals surface area contributed by atoms with Crippen molar-refractivity contribution in [3.05, 3.63) is 284 Å². The molecule has 0 fully saturated rings. The molecular weight excluding hydrogens is 831 g/mol. The van der Waals surface area contributed by atoms with Crippen molar-refractivity contribution in [2.45, 2.75) is 12.3 Å². The van der Waals surface area contributed by atoms with E-state index in [1.54, 1.807) is 0 Å². The molecule has 1 aliphatic rings. The van der Waals surface area contributed by atoms with Gasteiger partial charge in [-0.2, -0.15) is 0 Å². The number of rotatable bonds is 8. The van der Waals surface area contributed by atoms with E-state index >= 15 is 0 Å². The van der Waals surface area contributed by atoms with Gasteiger partial charge in [-0.25, -0.2) is 0 Å². The first-order chi connectivity index (χ1) is 34.1. The number of nitrogens with zero attached hydrogens (tertiary/aromatic N) is 1. The molecule has 69 heavy (non-hydrogen) atoms. The lowest BCUT2D eigenvalue weighted by Gasteiger charge is -2.31. The molecule has 1 atom stereocenters. The molecule has 0 aromatic heterocycles. The Morgan fingerprint density at radius 1 is 0.290 bits per heavy atom. The minimum absolute atomic E-state index is 0.341. The summed E-state index contributed by atoms with van der Waals surface area (Å²) in [5.41, 5.74) is 19.1. The Kier molecular flexibility index (Phi) is 9.70. The van der Waals surface area contributed by atoms with Crippen LogP contribution in [0.3, 0.4) is 0 Å². The molecule has 0 N–H and O–H groups in total. The topological polar surface area (TPSA) is 3.24 Å². The summed E-state index contributed by atoms with van der Waals surface area (Å²) in [6.45, 7) is 2.40. The van der Waals surface area contributed by atoms with Gasteiger partial charge in [0.15, 0.2) is 0 Å². The van der Waals surface area contributed by atoms with Crippen molar-refractivity contribution in [1.29, 1.82) is 0 Å². The van der Waals surface area contributed by atoms with Crippen LogP contribution in [0, 0.1) is 0 Å². The second kappa shape index (κ2) is 16.5. The molecule has 1 unspecified atom stereocenters. The van der Waals surface area contributed by atoms with Crippen LogP contribution in [0.5, 0.6) is 0 Å². The van der Waals surface area contributed by atoms with Crippen molar-refractivity contribution in [2.75, 3.05) is 4.90 Å². The summed E-state index contributed by atoms with van der Waals surface area (Å²) in [7, 11) is 0. The van der Waals surface area contributed by atoms with E-state index in [9.17, 15) is 0 Å². The first kappa shape index (κ1) is 40.5. The Bertz CT molecular complexity index is 3900. The van der Waals surface area contributed by atoms with Gasteiger partial charge < -0.3 is 4.90 Å². The van der Waals surface area contributed by atoms with Crippen LogP contribution in [0.1, 0.15) is 23.6 Å². The molecule has 0 bridgehead atoms. The summed E-state index contributed by atoms with van der Waals surface area (Å²) < 4.78 is 0. The minimum atomic E-state index is -0.341. The average molecular weight is 878 g/mol. The summed E-state index contributed by atoms with van der Waals surface area (Å²) in [5, 5.41) is 7.47. The van der Waals surface area contributed by atoms with E-state index in [1.165, 1.54) is 99.1 Å². The van der Waals surface area contributed by atoms with E-state index in [0.29, 0.717) is 0 Å². The minimum Gasteiger partial charge on any atom is -0.310 e. The normalized spacial score (nSPS) is 13.9. The number of benzene rings is 12. The van der Waals surface area contributed by atoms with Crippen LogP contribution in [0.25, 0.3) is 88.0 Å². The summed E-state index contributed by atoms with van der Waals surface area (Å²) in [6.07, 6.45) is 0. The first-order valence-corrected chi connectivity index (χ1v) is 24.0. The molecule has 0 spiro atoms. The van der Waals surface area contributed by atoms with E-state index in [-0.39, 0.29) is 5.41 Å². The Morgan fingerprint density at radius 2 is 0.783 bits per heavy atom. The zero-order valence-electron chi connectivity index (χ0n) is 38.4. The summed E-state index contributed by atoms with van der Waals surface area (Å²) in [5.74, 6) is 0. The number of hydrogen-bond acceptors (Lipinski definition) is 1. The second-order valence-electron chi connectivity index (χ2n) is 18.5. The van der Waals surface area contributed by atoms with Crippen molar-refractivity contribution < 1.29 is 0 Å². The van der Waals surface area contributed by atoms with Crippen molar-refractivity contribution in [3.63, 3.8) is 0 Å². The Hall–Kier alpha value is -8.78. The van der Waals surface area contributed by atoms with Crippen LogP contribution in [-0.4, -0.2) is 0 Å². The lowest BCUT2D eigenvalue weighted by Crippen LogP contribution is -2.22. The highest BCUT2D eigenvalue weighted by molar-refractivity contribution is 6.22. The van der Waals surface area contributed by atoms with Gasteiger partial charge in [0.1, 0.15) is 0 Å². The molecule has 324 valence electrons. The van der Waals surface area contributed by atoms with Gasteiger partial charge in [-0.15, -0.1) is 0 Å². The summed E-state index contributed by atoms with van der Waals surface area (Å²) >= 11 is 0. The molecule has 0 saturated heterocycles. The summed E-state index contributed by atoms with van der Waals surface area (Å²) in [4.78, 5) is 2.50. The maximum Gasteiger partial charge on any atom is 0.0543 e. The van der Waals surface area contributed by atoms with Crippen molar-refractivity contribution in [3.8, 4) is 55.6 Å². The first-order valence-electron chi connectivity index (χ1n) is 24.0. The molecule has 12 aromatic rings. The van der Waals surface area contributed by atoms with Gasteiger partial charge in [0.25, 0.3) is 0 Å². The highest BCUT2D eigenvalue weighted by Gasteiger charge is 2.42. The lowest BCUT2D eigenvalue weighted by molar-refractivity contribution is 0.714. The zero-order valence-corrected chi connectivity index (χ0v) is 38.4. The molecular formula is C68H47N. The Balaban J connectivity index is 1.05. The van der Waals surface area contributed by atoms with Gasteiger partial charge >= 0.3 is 0 Å². The highest BCUT2D eigenvalue weighted by Crippen LogP contribution is 2.57. The van der Waals surface area contributed by atoms with E-state index in [1.807, 2.05) is 0 Å². The van der Waals surface area contributed by atoms with E-state index in [0.717, 1.165) is 22.6 Å². The number of hydrogen-bond donors (Lipinski definition) is 0. The van der Waals surface area contributed by atoms with E-state index in [2.05, 4.69) is 279 Å². The standard InChI is InChI=1S/C68H47N/c1-68(52-29-9-4-10-30-52)62-38-16-15-36-60(62)67-63(68)39-20-40-64(67)69(54-32-18-28-51(44-54)56-37-19-26-46-21-11-12-33-55(46)56)53-31-17-27-49(43-53)50-41-42-58-57-34-13-14-35-59(57)65(47-22-5-2-6-23-47)66(61(58)45-50)48-24-7-3-8-25-48/h2-45H,1H3. The fourth-order valence-electron chi connectivity index (χ4n) is 11.5. The molecule has 13 rings (SSSR count). The number of anilines is 3. The average Bonchev–Trinajstić information content (AvgIpc) is 3.70.